The Morgan fingerprint density at radius 1 is 0.900 bits per heavy atom. The van der Waals surface area contributed by atoms with E-state index < -0.39 is 19.3 Å². The third kappa shape index (κ3) is 6.37. The van der Waals surface area contributed by atoms with Gasteiger partial charge in [-0.15, -0.1) is 0 Å². The van der Waals surface area contributed by atoms with E-state index in [1.807, 2.05) is 30.3 Å². The van der Waals surface area contributed by atoms with Gasteiger partial charge in [-0.05, 0) is 96.9 Å². The number of amides is 2. The van der Waals surface area contributed by atoms with Gasteiger partial charge in [0, 0.05) is 5.92 Å². The molecule has 5 fully saturated rings. The summed E-state index contributed by atoms with van der Waals surface area (Å²) in [5.41, 5.74) is 5.68. The van der Waals surface area contributed by atoms with Crippen molar-refractivity contribution in [3.8, 4) is 11.1 Å². The molecule has 262 valence electrons. The number of ether oxygens (including phenoxy) is 2. The lowest BCUT2D eigenvalue weighted by atomic mass is 9.43. The van der Waals surface area contributed by atoms with Gasteiger partial charge in [0.1, 0.15) is 12.6 Å². The number of hydrogen-bond acceptors (Lipinski definition) is 6. The van der Waals surface area contributed by atoms with Crippen LogP contribution in [0.1, 0.15) is 81.9 Å². The molecule has 9 rings (SSSR count). The molecule has 4 saturated carbocycles. The predicted molar refractivity (Wildman–Crippen MR) is 192 cm³/mol. The van der Waals surface area contributed by atoms with E-state index in [2.05, 4.69) is 79.9 Å². The van der Waals surface area contributed by atoms with Gasteiger partial charge in [0.15, 0.2) is 0 Å². The van der Waals surface area contributed by atoms with Gasteiger partial charge < -0.3 is 29.4 Å². The summed E-state index contributed by atoms with van der Waals surface area (Å²) in [4.78, 5) is 27.5. The van der Waals surface area contributed by atoms with Crippen molar-refractivity contribution in [2.75, 3.05) is 13.2 Å². The Bertz CT molecular complexity index is 1670. The van der Waals surface area contributed by atoms with Gasteiger partial charge in [0.2, 0.25) is 5.91 Å². The van der Waals surface area contributed by atoms with Gasteiger partial charge in [-0.2, -0.15) is 0 Å². The van der Waals surface area contributed by atoms with Gasteiger partial charge in [0.25, 0.3) is 0 Å². The molecule has 2 N–H and O–H groups in total. The van der Waals surface area contributed by atoms with E-state index in [0.717, 1.165) is 60.8 Å². The second-order valence-corrected chi connectivity index (χ2v) is 15.9. The molecule has 1 aliphatic heterocycles. The minimum absolute atomic E-state index is 0.00532. The molecule has 6 aliphatic rings. The van der Waals surface area contributed by atoms with Crippen LogP contribution in [0, 0.1) is 17.3 Å². The minimum Gasteiger partial charge on any atom is -0.449 e. The highest BCUT2D eigenvalue weighted by atomic mass is 16.7. The van der Waals surface area contributed by atoms with Gasteiger partial charge in [-0.25, -0.2) is 4.79 Å². The zero-order chi connectivity index (χ0) is 34.5. The highest BCUT2D eigenvalue weighted by Crippen LogP contribution is 2.65. The van der Waals surface area contributed by atoms with Crippen molar-refractivity contribution in [2.24, 2.45) is 17.3 Å². The van der Waals surface area contributed by atoms with Crippen LogP contribution in [0.2, 0.25) is 0 Å². The molecule has 0 spiro atoms. The monoisotopic (exact) mass is 676 g/mol. The largest absolute Gasteiger partial charge is 0.481 e. The average Bonchev–Trinajstić information content (AvgIpc) is 3.80. The first-order valence-electron chi connectivity index (χ1n) is 18.6. The van der Waals surface area contributed by atoms with E-state index in [-0.39, 0.29) is 54.2 Å². The molecule has 2 amide bonds. The number of nitrogens with one attached hydrogen (secondary N) is 2. The quantitative estimate of drug-likeness (QED) is 0.193. The van der Waals surface area contributed by atoms with Crippen LogP contribution in [0.5, 0.6) is 0 Å². The number of aryl methyl sites for hydroxylation is 1. The first kappa shape index (κ1) is 33.5. The van der Waals surface area contributed by atoms with E-state index in [4.69, 9.17) is 18.8 Å². The Labute approximate surface area is 296 Å². The maximum atomic E-state index is 14.1. The topological polar surface area (TPSA) is 95.1 Å². The SMILES string of the molecule is CC1(C)[C@@H]2C[C@H]3OB([C@H](CCCc4ccccc4)NC(=O)[C@@H](COC4CC4)NC(=O)OCC4c5ccccc5-c5ccccc54)O[C@@]3(C)[C@H]1C2. The summed E-state index contributed by atoms with van der Waals surface area (Å²) in [5.74, 6) is 0.265. The third-order valence-corrected chi connectivity index (χ3v) is 12.4. The first-order chi connectivity index (χ1) is 24.2. The number of rotatable bonds is 13. The third-order valence-electron chi connectivity index (χ3n) is 12.4. The molecular formula is C41H49BN2O6. The molecule has 0 radical (unpaired) electrons. The number of alkyl carbamates (subject to hydrolysis) is 1. The molecular weight excluding hydrogens is 627 g/mol. The summed E-state index contributed by atoms with van der Waals surface area (Å²) >= 11 is 0. The van der Waals surface area contributed by atoms with Gasteiger partial charge >= 0.3 is 13.2 Å². The van der Waals surface area contributed by atoms with Gasteiger partial charge in [-0.1, -0.05) is 92.7 Å². The van der Waals surface area contributed by atoms with Crippen LogP contribution in [0.3, 0.4) is 0 Å². The molecule has 0 aromatic heterocycles. The fourth-order valence-corrected chi connectivity index (χ4v) is 9.23. The Hall–Kier alpha value is -3.66. The molecule has 2 bridgehead atoms. The number of benzene rings is 3. The fourth-order valence-electron chi connectivity index (χ4n) is 9.23. The zero-order valence-corrected chi connectivity index (χ0v) is 29.4. The molecule has 9 heteroatoms. The number of hydrogen-bond donors (Lipinski definition) is 2. The van der Waals surface area contributed by atoms with Crippen molar-refractivity contribution >= 4 is 19.1 Å². The van der Waals surface area contributed by atoms with Crippen LogP contribution in [0.15, 0.2) is 78.9 Å². The van der Waals surface area contributed by atoms with Gasteiger partial charge in [-0.3, -0.25) is 4.79 Å². The van der Waals surface area contributed by atoms with Crippen molar-refractivity contribution < 1.29 is 28.4 Å². The van der Waals surface area contributed by atoms with Gasteiger partial charge in [0.05, 0.1) is 30.4 Å². The molecule has 1 saturated heterocycles. The van der Waals surface area contributed by atoms with Crippen LogP contribution < -0.4 is 10.6 Å². The Balaban J connectivity index is 0.953. The maximum absolute atomic E-state index is 14.1. The van der Waals surface area contributed by atoms with Crippen LogP contribution >= 0.6 is 0 Å². The molecule has 1 heterocycles. The summed E-state index contributed by atoms with van der Waals surface area (Å²) in [6, 6.07) is 26.0. The van der Waals surface area contributed by atoms with E-state index in [1.54, 1.807) is 0 Å². The summed E-state index contributed by atoms with van der Waals surface area (Å²) in [5, 5.41) is 6.11. The molecule has 0 unspecified atom stereocenters. The highest BCUT2D eigenvalue weighted by molar-refractivity contribution is 6.47. The summed E-state index contributed by atoms with van der Waals surface area (Å²) in [6.45, 7) is 7.14. The lowest BCUT2D eigenvalue weighted by molar-refractivity contribution is -0.199. The van der Waals surface area contributed by atoms with E-state index in [0.29, 0.717) is 18.3 Å². The molecule has 3 aromatic carbocycles. The Morgan fingerprint density at radius 2 is 1.58 bits per heavy atom. The molecule has 50 heavy (non-hydrogen) atoms. The average molecular weight is 677 g/mol. The molecule has 5 aliphatic carbocycles. The normalized spacial score (nSPS) is 26.9. The maximum Gasteiger partial charge on any atom is 0.481 e. The molecule has 8 nitrogen and oxygen atoms in total. The van der Waals surface area contributed by atoms with Crippen molar-refractivity contribution in [3.63, 3.8) is 0 Å². The standard InChI is InChI=1S/C41H49BN2O6/c1-40(2)27-22-35(40)41(3)36(23-27)49-42(50-41)37(19-11-14-26-12-5-4-6-13-26)44-38(45)34(25-47-28-20-21-28)43-39(46)48-24-33-31-17-9-7-15-29(31)30-16-8-10-18-32(30)33/h4-10,12-13,15-18,27-28,33-37H,11,14,19-25H2,1-3H3,(H,43,46)(H,44,45)/t27-,34+,35-,36+,37-,41-/m0/s1. The van der Waals surface area contributed by atoms with Crippen molar-refractivity contribution in [1.29, 1.82) is 0 Å². The predicted octanol–water partition coefficient (Wildman–Crippen LogP) is 6.85. The Kier molecular flexibility index (Phi) is 9.03. The molecule has 3 aromatic rings. The highest BCUT2D eigenvalue weighted by Gasteiger charge is 2.68. The van der Waals surface area contributed by atoms with Crippen LogP contribution in [0.4, 0.5) is 4.79 Å². The first-order valence-corrected chi connectivity index (χ1v) is 18.6. The lowest BCUT2D eigenvalue weighted by Gasteiger charge is -2.64. The zero-order valence-electron chi connectivity index (χ0n) is 29.4. The van der Waals surface area contributed by atoms with E-state index >= 15 is 0 Å². The Morgan fingerprint density at radius 3 is 2.26 bits per heavy atom. The smallest absolute Gasteiger partial charge is 0.449 e. The van der Waals surface area contributed by atoms with Crippen LogP contribution in [-0.2, 0) is 30.0 Å². The van der Waals surface area contributed by atoms with E-state index in [9.17, 15) is 9.59 Å². The summed E-state index contributed by atoms with van der Waals surface area (Å²) in [6.07, 6.45) is 5.95. The van der Waals surface area contributed by atoms with Crippen molar-refractivity contribution in [3.05, 3.63) is 95.6 Å². The van der Waals surface area contributed by atoms with E-state index in [1.165, 1.54) is 5.56 Å². The second kappa shape index (κ2) is 13.5. The second-order valence-electron chi connectivity index (χ2n) is 15.9. The number of carbonyl (C=O) groups is 2. The fraction of sp³-hybridized carbons (Fsp3) is 0.512. The van der Waals surface area contributed by atoms with Crippen LogP contribution in [-0.4, -0.2) is 62.1 Å². The number of fused-ring (bicyclic) bond motifs is 3. The lowest BCUT2D eigenvalue weighted by Crippen LogP contribution is -2.65. The number of carbonyl (C=O) groups excluding carboxylic acids is 2. The minimum atomic E-state index is -0.922. The van der Waals surface area contributed by atoms with Crippen molar-refractivity contribution in [1.82, 2.24) is 10.6 Å². The summed E-state index contributed by atoms with van der Waals surface area (Å²) < 4.78 is 25.4. The van der Waals surface area contributed by atoms with Crippen LogP contribution in [0.25, 0.3) is 11.1 Å². The molecule has 6 atom stereocenters. The summed E-state index contributed by atoms with van der Waals surface area (Å²) in [7, 11) is -0.570. The van der Waals surface area contributed by atoms with Crippen molar-refractivity contribution in [2.45, 2.75) is 101 Å².